The molecule has 0 radical (unpaired) electrons. The second-order valence-corrected chi connectivity index (χ2v) is 9.49. The Morgan fingerprint density at radius 2 is 2.00 bits per heavy atom. The molecular formula is C24H33N7O2S. The summed E-state index contributed by atoms with van der Waals surface area (Å²) in [4.78, 5) is 17.8. The summed E-state index contributed by atoms with van der Waals surface area (Å²) in [6.45, 7) is 8.09. The minimum atomic E-state index is -1.25. The van der Waals surface area contributed by atoms with Crippen LogP contribution in [0.4, 0.5) is 11.4 Å². The summed E-state index contributed by atoms with van der Waals surface area (Å²) in [6, 6.07) is 7.76. The minimum absolute atomic E-state index is 0.196. The molecule has 0 aliphatic carbocycles. The molecule has 3 N–H and O–H groups in total. The molecule has 4 rings (SSSR count). The predicted octanol–water partition coefficient (Wildman–Crippen LogP) is 4.11. The van der Waals surface area contributed by atoms with Gasteiger partial charge in [-0.15, -0.1) is 0 Å². The maximum absolute atomic E-state index is 12.8. The number of rotatable bonds is 6. The molecule has 0 amide bonds. The van der Waals surface area contributed by atoms with Crippen LogP contribution in [-0.2, 0) is 17.4 Å². The van der Waals surface area contributed by atoms with Crippen molar-refractivity contribution in [2.45, 2.75) is 51.8 Å². The van der Waals surface area contributed by atoms with E-state index in [1.807, 2.05) is 32.9 Å². The molecule has 0 saturated carbocycles. The smallest absolute Gasteiger partial charge is 0.234 e. The SMILES string of the molecule is CC.CCCc1ccc(Nc2ccnc3nc(OC)cnc23)cc1C1N=C(N)N(C)S(=O)C1C. The molecule has 10 heteroatoms. The van der Waals surface area contributed by atoms with Crippen LogP contribution in [0.25, 0.3) is 11.2 Å². The number of pyridine rings is 1. The van der Waals surface area contributed by atoms with Crippen molar-refractivity contribution in [1.82, 2.24) is 19.3 Å². The highest BCUT2D eigenvalue weighted by Crippen LogP contribution is 2.35. The first-order chi connectivity index (χ1) is 16.4. The molecule has 3 atom stereocenters. The number of nitrogens with zero attached hydrogens (tertiary/aromatic N) is 5. The standard InChI is InChI=1S/C22H27N7O2S.C2H6/c1-5-6-14-7-8-15(11-16(14)19-13(2)32(30)29(3)22(23)28-19)26-17-9-10-24-21-20(17)25-12-18(27-21)31-4;1-2/h7-13,19H,5-6H2,1-4H3,(H2,23,28)(H,24,26,27);1-2H3. The molecule has 182 valence electrons. The van der Waals surface area contributed by atoms with Gasteiger partial charge in [-0.25, -0.2) is 19.2 Å². The van der Waals surface area contributed by atoms with Gasteiger partial charge in [-0.1, -0.05) is 33.3 Å². The third kappa shape index (κ3) is 5.11. The normalized spacial score (nSPS) is 19.8. The van der Waals surface area contributed by atoms with Crippen LogP contribution in [0.5, 0.6) is 5.88 Å². The molecule has 0 spiro atoms. The number of nitrogens with one attached hydrogen (secondary N) is 1. The number of fused-ring (bicyclic) bond motifs is 1. The number of methoxy groups -OCH3 is 1. The second kappa shape index (κ2) is 11.2. The molecule has 3 aromatic rings. The lowest BCUT2D eigenvalue weighted by Crippen LogP contribution is -2.45. The third-order valence-corrected chi connectivity index (χ3v) is 7.14. The van der Waals surface area contributed by atoms with Gasteiger partial charge >= 0.3 is 0 Å². The minimum Gasteiger partial charge on any atom is -0.480 e. The second-order valence-electron chi connectivity index (χ2n) is 7.64. The van der Waals surface area contributed by atoms with Crippen LogP contribution in [-0.4, -0.2) is 48.8 Å². The van der Waals surface area contributed by atoms with Gasteiger partial charge in [0.05, 0.1) is 30.3 Å². The van der Waals surface area contributed by atoms with Crippen LogP contribution >= 0.6 is 0 Å². The largest absolute Gasteiger partial charge is 0.480 e. The summed E-state index contributed by atoms with van der Waals surface area (Å²) in [6.07, 6.45) is 5.14. The van der Waals surface area contributed by atoms with Gasteiger partial charge in [-0.3, -0.25) is 4.31 Å². The highest BCUT2D eigenvalue weighted by molar-refractivity contribution is 7.83. The zero-order valence-electron chi connectivity index (χ0n) is 20.6. The number of aryl methyl sites for hydroxylation is 1. The van der Waals surface area contributed by atoms with E-state index < -0.39 is 11.0 Å². The zero-order chi connectivity index (χ0) is 24.8. The molecule has 0 fully saturated rings. The quantitative estimate of drug-likeness (QED) is 0.541. The number of hydrogen-bond acceptors (Lipinski definition) is 8. The van der Waals surface area contributed by atoms with Crippen molar-refractivity contribution < 1.29 is 8.95 Å². The lowest BCUT2D eigenvalue weighted by molar-refractivity contribution is 0.397. The summed E-state index contributed by atoms with van der Waals surface area (Å²) in [5.41, 5.74) is 11.1. The lowest BCUT2D eigenvalue weighted by atomic mass is 9.95. The number of ether oxygens (including phenoxy) is 1. The van der Waals surface area contributed by atoms with Crippen LogP contribution in [0, 0.1) is 0 Å². The van der Waals surface area contributed by atoms with E-state index >= 15 is 0 Å². The Kier molecular flexibility index (Phi) is 8.38. The van der Waals surface area contributed by atoms with E-state index in [4.69, 9.17) is 10.5 Å². The van der Waals surface area contributed by atoms with E-state index in [0.717, 1.165) is 29.8 Å². The van der Waals surface area contributed by atoms with Gasteiger partial charge in [-0.2, -0.15) is 4.98 Å². The van der Waals surface area contributed by atoms with Crippen molar-refractivity contribution in [2.75, 3.05) is 19.5 Å². The third-order valence-electron chi connectivity index (χ3n) is 5.52. The van der Waals surface area contributed by atoms with Gasteiger partial charge in [0.1, 0.15) is 16.5 Å². The first-order valence-electron chi connectivity index (χ1n) is 11.5. The van der Waals surface area contributed by atoms with Crippen LogP contribution in [0.2, 0.25) is 0 Å². The summed E-state index contributed by atoms with van der Waals surface area (Å²) in [5.74, 6) is 0.699. The fraction of sp³-hybridized carbons (Fsp3) is 0.417. The Morgan fingerprint density at radius 3 is 2.71 bits per heavy atom. The maximum atomic E-state index is 12.8. The summed E-state index contributed by atoms with van der Waals surface area (Å²) < 4.78 is 19.5. The first-order valence-corrected chi connectivity index (χ1v) is 12.6. The van der Waals surface area contributed by atoms with Gasteiger partial charge in [0.25, 0.3) is 0 Å². The Hall–Kier alpha value is -3.27. The number of anilines is 2. The van der Waals surface area contributed by atoms with Crippen molar-refractivity contribution in [3.05, 3.63) is 47.8 Å². The van der Waals surface area contributed by atoms with E-state index in [2.05, 4.69) is 44.3 Å². The van der Waals surface area contributed by atoms with E-state index in [9.17, 15) is 4.21 Å². The number of benzene rings is 1. The van der Waals surface area contributed by atoms with Gasteiger partial charge in [0, 0.05) is 18.9 Å². The van der Waals surface area contributed by atoms with E-state index in [1.54, 1.807) is 26.6 Å². The lowest BCUT2D eigenvalue weighted by Gasteiger charge is -2.32. The Balaban J connectivity index is 0.00000158. The Labute approximate surface area is 203 Å². The average molecular weight is 484 g/mol. The molecule has 1 aliphatic heterocycles. The molecule has 34 heavy (non-hydrogen) atoms. The zero-order valence-corrected chi connectivity index (χ0v) is 21.4. The van der Waals surface area contributed by atoms with Crippen molar-refractivity contribution in [3.63, 3.8) is 0 Å². The van der Waals surface area contributed by atoms with Crippen LogP contribution in [0.3, 0.4) is 0 Å². The molecule has 0 saturated heterocycles. The average Bonchev–Trinajstić information content (AvgIpc) is 2.87. The Bertz CT molecular complexity index is 1200. The van der Waals surface area contributed by atoms with Gasteiger partial charge in [0.15, 0.2) is 5.65 Å². The summed E-state index contributed by atoms with van der Waals surface area (Å²) in [7, 11) is 2.00. The van der Waals surface area contributed by atoms with Crippen molar-refractivity contribution in [3.8, 4) is 5.88 Å². The summed E-state index contributed by atoms with van der Waals surface area (Å²) in [5, 5.41) is 3.23. The number of nitrogens with two attached hydrogens (primary N) is 1. The number of hydrogen-bond donors (Lipinski definition) is 2. The number of aromatic nitrogens is 3. The molecule has 0 bridgehead atoms. The molecule has 3 heterocycles. The molecule has 1 aromatic carbocycles. The van der Waals surface area contributed by atoms with Crippen LogP contribution < -0.4 is 15.8 Å². The number of aliphatic imine (C=N–C) groups is 1. The maximum Gasteiger partial charge on any atom is 0.234 e. The van der Waals surface area contributed by atoms with Crippen molar-refractivity contribution >= 4 is 39.5 Å². The van der Waals surface area contributed by atoms with E-state index in [0.29, 0.717) is 17.0 Å². The predicted molar refractivity (Wildman–Crippen MR) is 139 cm³/mol. The van der Waals surface area contributed by atoms with Gasteiger partial charge < -0.3 is 15.8 Å². The highest BCUT2D eigenvalue weighted by Gasteiger charge is 2.33. The van der Waals surface area contributed by atoms with Gasteiger partial charge in [0.2, 0.25) is 11.8 Å². The monoisotopic (exact) mass is 483 g/mol. The first kappa shape index (κ1) is 25.4. The summed E-state index contributed by atoms with van der Waals surface area (Å²) >= 11 is 0. The van der Waals surface area contributed by atoms with Gasteiger partial charge in [-0.05, 0) is 42.7 Å². The topological polar surface area (TPSA) is 119 Å². The highest BCUT2D eigenvalue weighted by atomic mass is 32.2. The van der Waals surface area contributed by atoms with Crippen LogP contribution in [0.1, 0.15) is 51.3 Å². The van der Waals surface area contributed by atoms with Crippen LogP contribution in [0.15, 0.2) is 41.7 Å². The fourth-order valence-corrected chi connectivity index (χ4v) is 4.97. The van der Waals surface area contributed by atoms with E-state index in [1.165, 1.54) is 9.87 Å². The molecular weight excluding hydrogens is 450 g/mol. The van der Waals surface area contributed by atoms with Crippen molar-refractivity contribution in [1.29, 1.82) is 0 Å². The fourth-order valence-electron chi connectivity index (χ4n) is 3.81. The van der Waals surface area contributed by atoms with Crippen molar-refractivity contribution in [2.24, 2.45) is 10.7 Å². The molecule has 2 aromatic heterocycles. The Morgan fingerprint density at radius 1 is 1.24 bits per heavy atom. The molecule has 9 nitrogen and oxygen atoms in total. The van der Waals surface area contributed by atoms with E-state index in [-0.39, 0.29) is 17.3 Å². The molecule has 3 unspecified atom stereocenters. The number of guanidine groups is 1. The molecule has 1 aliphatic rings.